The van der Waals surface area contributed by atoms with Crippen LogP contribution in [0.25, 0.3) is 5.69 Å². The third-order valence-electron chi connectivity index (χ3n) is 5.18. The van der Waals surface area contributed by atoms with Gasteiger partial charge in [-0.05, 0) is 42.8 Å². The fourth-order valence-electron chi connectivity index (χ4n) is 3.62. The summed E-state index contributed by atoms with van der Waals surface area (Å²) in [5.41, 5.74) is 4.45. The zero-order valence-corrected chi connectivity index (χ0v) is 17.1. The molecule has 7 heteroatoms. The van der Waals surface area contributed by atoms with Crippen LogP contribution in [0.4, 0.5) is 17.3 Å². The maximum Gasteiger partial charge on any atom is 0.246 e. The van der Waals surface area contributed by atoms with Crippen molar-refractivity contribution in [3.05, 3.63) is 60.4 Å². The van der Waals surface area contributed by atoms with Crippen LogP contribution in [-0.4, -0.2) is 66.1 Å². The molecule has 0 saturated carbocycles. The Labute approximate surface area is 171 Å². The van der Waals surface area contributed by atoms with Gasteiger partial charge in [-0.25, -0.2) is 4.68 Å². The fraction of sp³-hybridized carbons (Fsp3) is 0.364. The van der Waals surface area contributed by atoms with E-state index in [4.69, 9.17) is 4.74 Å². The first-order valence-electron chi connectivity index (χ1n) is 10.0. The molecule has 3 aromatic rings. The monoisotopic (exact) mass is 392 g/mol. The van der Waals surface area contributed by atoms with Crippen molar-refractivity contribution in [2.45, 2.75) is 6.92 Å². The number of rotatable bonds is 7. The molecule has 1 saturated heterocycles. The quantitative estimate of drug-likeness (QED) is 0.667. The molecule has 0 unspecified atom stereocenters. The molecule has 1 aliphatic heterocycles. The molecule has 7 nitrogen and oxygen atoms in total. The second-order valence-electron chi connectivity index (χ2n) is 7.35. The average molecular weight is 393 g/mol. The van der Waals surface area contributed by atoms with Crippen LogP contribution in [0.5, 0.6) is 0 Å². The molecule has 4 rings (SSSR count). The van der Waals surface area contributed by atoms with E-state index in [0.717, 1.165) is 50.7 Å². The Bertz CT molecular complexity index is 918. The molecule has 0 spiro atoms. The topological polar surface area (TPSA) is 58.5 Å². The first-order valence-corrected chi connectivity index (χ1v) is 10.0. The van der Waals surface area contributed by atoms with Crippen LogP contribution in [-0.2, 0) is 4.74 Å². The molecule has 2 aromatic carbocycles. The van der Waals surface area contributed by atoms with Crippen molar-refractivity contribution in [1.82, 2.24) is 19.7 Å². The summed E-state index contributed by atoms with van der Waals surface area (Å²) in [6.45, 7) is 8.08. The minimum Gasteiger partial charge on any atom is -0.383 e. The van der Waals surface area contributed by atoms with Gasteiger partial charge in [0.2, 0.25) is 5.95 Å². The van der Waals surface area contributed by atoms with E-state index >= 15 is 0 Å². The van der Waals surface area contributed by atoms with Crippen LogP contribution >= 0.6 is 0 Å². The number of hydrogen-bond acceptors (Lipinski definition) is 6. The highest BCUT2D eigenvalue weighted by molar-refractivity contribution is 5.64. The number of methoxy groups -OCH3 is 1. The van der Waals surface area contributed by atoms with Gasteiger partial charge < -0.3 is 15.0 Å². The van der Waals surface area contributed by atoms with Crippen molar-refractivity contribution in [1.29, 1.82) is 0 Å². The highest BCUT2D eigenvalue weighted by Crippen LogP contribution is 2.25. The molecule has 29 heavy (non-hydrogen) atoms. The smallest absolute Gasteiger partial charge is 0.246 e. The summed E-state index contributed by atoms with van der Waals surface area (Å²) in [5, 5.41) is 7.90. The molecule has 0 radical (unpaired) electrons. The predicted octanol–water partition coefficient (Wildman–Crippen LogP) is 3.09. The third kappa shape index (κ3) is 4.93. The van der Waals surface area contributed by atoms with E-state index in [0.29, 0.717) is 5.95 Å². The first kappa shape index (κ1) is 19.4. The van der Waals surface area contributed by atoms with Crippen molar-refractivity contribution in [3.8, 4) is 5.69 Å². The Morgan fingerprint density at radius 3 is 2.55 bits per heavy atom. The largest absolute Gasteiger partial charge is 0.383 e. The second-order valence-corrected chi connectivity index (χ2v) is 7.35. The van der Waals surface area contributed by atoms with Gasteiger partial charge in [0, 0.05) is 51.2 Å². The van der Waals surface area contributed by atoms with E-state index in [9.17, 15) is 0 Å². The summed E-state index contributed by atoms with van der Waals surface area (Å²) in [4.78, 5) is 9.30. The van der Waals surface area contributed by atoms with Crippen LogP contribution in [0.1, 0.15) is 5.56 Å². The van der Waals surface area contributed by atoms with Crippen LogP contribution in [0, 0.1) is 6.92 Å². The van der Waals surface area contributed by atoms with E-state index < -0.39 is 0 Å². The van der Waals surface area contributed by atoms with Gasteiger partial charge in [-0.2, -0.15) is 4.98 Å². The molecule has 152 valence electrons. The number of hydrogen-bond donors (Lipinski definition) is 1. The summed E-state index contributed by atoms with van der Waals surface area (Å²) in [5.74, 6) is 0.592. The van der Waals surface area contributed by atoms with Gasteiger partial charge in [0.05, 0.1) is 12.3 Å². The molecule has 1 fully saturated rings. The normalized spacial score (nSPS) is 14.9. The van der Waals surface area contributed by atoms with Gasteiger partial charge in [-0.1, -0.05) is 18.2 Å². The third-order valence-corrected chi connectivity index (χ3v) is 5.18. The lowest BCUT2D eigenvalue weighted by molar-refractivity contribution is 0.144. The maximum atomic E-state index is 5.20. The number of nitrogens with one attached hydrogen (secondary N) is 1. The van der Waals surface area contributed by atoms with Gasteiger partial charge in [0.25, 0.3) is 0 Å². The standard InChI is InChI=1S/C22H28N6O/c1-18-14-19(24-22-23-17-28(25-22)20-6-4-3-5-7-20)16-21(15-18)27-10-8-26(9-11-27)12-13-29-2/h3-7,14-17H,8-13H2,1-2H3,(H,24,25). The van der Waals surface area contributed by atoms with Crippen LogP contribution in [0.3, 0.4) is 0 Å². The average Bonchev–Trinajstić information content (AvgIpc) is 3.21. The van der Waals surface area contributed by atoms with Crippen LogP contribution < -0.4 is 10.2 Å². The van der Waals surface area contributed by atoms with Gasteiger partial charge in [-0.15, -0.1) is 5.10 Å². The number of nitrogens with zero attached hydrogens (tertiary/aromatic N) is 5. The number of piperazine rings is 1. The summed E-state index contributed by atoms with van der Waals surface area (Å²) in [7, 11) is 1.76. The van der Waals surface area contributed by atoms with Crippen molar-refractivity contribution in [2.24, 2.45) is 0 Å². The Morgan fingerprint density at radius 1 is 1.00 bits per heavy atom. The summed E-state index contributed by atoms with van der Waals surface area (Å²) in [6.07, 6.45) is 1.73. The van der Waals surface area contributed by atoms with Crippen LogP contribution in [0.15, 0.2) is 54.9 Å². The molecule has 0 bridgehead atoms. The Balaban J connectivity index is 1.43. The van der Waals surface area contributed by atoms with E-state index in [1.807, 2.05) is 30.3 Å². The number of aromatic nitrogens is 3. The molecule has 1 aromatic heterocycles. The van der Waals surface area contributed by atoms with Crippen LogP contribution in [0.2, 0.25) is 0 Å². The summed E-state index contributed by atoms with van der Waals surface area (Å²) in [6, 6.07) is 16.5. The highest BCUT2D eigenvalue weighted by Gasteiger charge is 2.17. The van der Waals surface area contributed by atoms with E-state index in [-0.39, 0.29) is 0 Å². The van der Waals surface area contributed by atoms with Crippen molar-refractivity contribution < 1.29 is 4.74 Å². The number of benzene rings is 2. The van der Waals surface area contributed by atoms with Gasteiger partial charge in [0.15, 0.2) is 0 Å². The van der Waals surface area contributed by atoms with E-state index in [2.05, 4.69) is 50.3 Å². The molecule has 1 aliphatic rings. The minimum atomic E-state index is 0.592. The summed E-state index contributed by atoms with van der Waals surface area (Å²) < 4.78 is 6.97. The van der Waals surface area contributed by atoms with Crippen molar-refractivity contribution in [3.63, 3.8) is 0 Å². The Kier molecular flexibility index (Phi) is 6.07. The maximum absolute atomic E-state index is 5.20. The minimum absolute atomic E-state index is 0.592. The predicted molar refractivity (Wildman–Crippen MR) is 116 cm³/mol. The van der Waals surface area contributed by atoms with Crippen molar-refractivity contribution >= 4 is 17.3 Å². The molecule has 0 amide bonds. The number of aryl methyl sites for hydroxylation is 1. The fourth-order valence-corrected chi connectivity index (χ4v) is 3.62. The molecule has 0 atom stereocenters. The lowest BCUT2D eigenvalue weighted by Gasteiger charge is -2.36. The zero-order chi connectivity index (χ0) is 20.1. The SMILES string of the molecule is COCCN1CCN(c2cc(C)cc(Nc3ncn(-c4ccccc4)n3)c2)CC1. The Morgan fingerprint density at radius 2 is 1.79 bits per heavy atom. The van der Waals surface area contributed by atoms with E-state index in [1.54, 1.807) is 18.1 Å². The number of para-hydroxylation sites is 1. The second kappa shape index (κ2) is 9.07. The Hall–Kier alpha value is -2.90. The highest BCUT2D eigenvalue weighted by atomic mass is 16.5. The first-order chi connectivity index (χ1) is 14.2. The molecular weight excluding hydrogens is 364 g/mol. The number of ether oxygens (including phenoxy) is 1. The lowest BCUT2D eigenvalue weighted by atomic mass is 10.1. The lowest BCUT2D eigenvalue weighted by Crippen LogP contribution is -2.47. The van der Waals surface area contributed by atoms with Crippen molar-refractivity contribution in [2.75, 3.05) is 56.7 Å². The molecule has 1 N–H and O–H groups in total. The van der Waals surface area contributed by atoms with Gasteiger partial charge in [0.1, 0.15) is 6.33 Å². The molecule has 2 heterocycles. The zero-order valence-electron chi connectivity index (χ0n) is 17.1. The van der Waals surface area contributed by atoms with Gasteiger partial charge >= 0.3 is 0 Å². The molecule has 0 aliphatic carbocycles. The molecular formula is C22H28N6O. The van der Waals surface area contributed by atoms with Gasteiger partial charge in [-0.3, -0.25) is 4.90 Å². The summed E-state index contributed by atoms with van der Waals surface area (Å²) >= 11 is 0. The van der Waals surface area contributed by atoms with E-state index in [1.165, 1.54) is 11.3 Å². The number of anilines is 3.